The van der Waals surface area contributed by atoms with Crippen LogP contribution < -0.4 is 26.4 Å². The Balaban J connectivity index is 1.86. The van der Waals surface area contributed by atoms with Gasteiger partial charge in [0.25, 0.3) is 0 Å². The van der Waals surface area contributed by atoms with E-state index >= 15 is 0 Å². The lowest BCUT2D eigenvalue weighted by atomic mass is 9.97. The van der Waals surface area contributed by atoms with Crippen molar-refractivity contribution in [1.29, 1.82) is 0 Å². The number of halogens is 1. The second-order valence-corrected chi connectivity index (χ2v) is 10.7. The van der Waals surface area contributed by atoms with Crippen LogP contribution in [0.25, 0.3) is 0 Å². The second-order valence-electron chi connectivity index (χ2n) is 10.3. The molecule has 2 amide bonds. The molecule has 2 rings (SSSR count). The summed E-state index contributed by atoms with van der Waals surface area (Å²) in [4.78, 5) is 25.8. The minimum Gasteiger partial charge on any atom is -0.493 e. The van der Waals surface area contributed by atoms with Crippen LogP contribution in [0.4, 0.5) is 0 Å². The summed E-state index contributed by atoms with van der Waals surface area (Å²) in [5, 5.41) is 9.89. The van der Waals surface area contributed by atoms with Gasteiger partial charge in [0, 0.05) is 29.7 Å². The number of benzene rings is 2. The summed E-state index contributed by atoms with van der Waals surface area (Å²) in [7, 11) is 0. The van der Waals surface area contributed by atoms with Gasteiger partial charge in [-0.25, -0.2) is 0 Å². The van der Waals surface area contributed by atoms with Crippen molar-refractivity contribution < 1.29 is 14.3 Å². The number of aryl methyl sites for hydroxylation is 1. The topological polar surface area (TPSA) is 105 Å². The maximum Gasteiger partial charge on any atom is 0.243 e. The third-order valence-corrected chi connectivity index (χ3v) is 6.76. The minimum absolute atomic E-state index is 0.0631. The largest absolute Gasteiger partial charge is 0.493 e. The van der Waals surface area contributed by atoms with E-state index in [1.54, 1.807) is 0 Å². The lowest BCUT2D eigenvalue weighted by Gasteiger charge is -2.29. The monoisotopic (exact) mass is 556 g/mol. The average Bonchev–Trinajstić information content (AvgIpc) is 2.92. The number of nitrogens with two attached hydrogens (primary N) is 1. The molecule has 0 aliphatic rings. The van der Waals surface area contributed by atoms with Crippen molar-refractivity contribution in [2.45, 2.75) is 65.5 Å². The number of hydrogen-bond donors (Lipinski definition) is 4. The number of amides is 2. The number of para-hydroxylation sites is 1. The van der Waals surface area contributed by atoms with E-state index in [2.05, 4.69) is 35.5 Å². The SMILES string of the molecule is C=C(N[C@@H](CN)C(=O)NCCCc1ccccc1OCCC)[C@H](NC(=O)[C@H](C)Cc1ccc(Cl)cc1)C(C)C. The molecule has 8 heteroatoms. The highest BCUT2D eigenvalue weighted by molar-refractivity contribution is 6.30. The summed E-state index contributed by atoms with van der Waals surface area (Å²) >= 11 is 5.97. The first-order valence-corrected chi connectivity index (χ1v) is 14.2. The predicted molar refractivity (Wildman–Crippen MR) is 160 cm³/mol. The van der Waals surface area contributed by atoms with E-state index in [-0.39, 0.29) is 36.2 Å². The molecule has 0 aliphatic heterocycles. The van der Waals surface area contributed by atoms with Gasteiger partial charge < -0.3 is 26.4 Å². The first-order valence-electron chi connectivity index (χ1n) is 13.8. The van der Waals surface area contributed by atoms with Crippen LogP contribution in [0.5, 0.6) is 5.75 Å². The summed E-state index contributed by atoms with van der Waals surface area (Å²) in [6.45, 7) is 13.4. The van der Waals surface area contributed by atoms with Crippen LogP contribution in [0.3, 0.4) is 0 Å². The van der Waals surface area contributed by atoms with Gasteiger partial charge >= 0.3 is 0 Å². The molecule has 0 aliphatic carbocycles. The number of nitrogens with one attached hydrogen (secondary N) is 3. The molecule has 7 nitrogen and oxygen atoms in total. The van der Waals surface area contributed by atoms with Crippen molar-refractivity contribution in [3.8, 4) is 5.75 Å². The number of hydrogen-bond acceptors (Lipinski definition) is 5. The molecule has 214 valence electrons. The zero-order chi connectivity index (χ0) is 28.8. The molecule has 2 aromatic rings. The zero-order valence-electron chi connectivity index (χ0n) is 23.8. The van der Waals surface area contributed by atoms with Gasteiger partial charge in [-0.3, -0.25) is 9.59 Å². The number of ether oxygens (including phenoxy) is 1. The molecule has 39 heavy (non-hydrogen) atoms. The zero-order valence-corrected chi connectivity index (χ0v) is 24.5. The molecule has 0 bridgehead atoms. The lowest BCUT2D eigenvalue weighted by molar-refractivity contribution is -0.125. The lowest BCUT2D eigenvalue weighted by Crippen LogP contribution is -2.53. The average molecular weight is 557 g/mol. The van der Waals surface area contributed by atoms with E-state index in [1.807, 2.05) is 63.2 Å². The van der Waals surface area contributed by atoms with Gasteiger partial charge in [-0.15, -0.1) is 0 Å². The van der Waals surface area contributed by atoms with E-state index in [0.29, 0.717) is 30.3 Å². The van der Waals surface area contributed by atoms with Crippen LogP contribution in [-0.2, 0) is 22.4 Å². The molecule has 0 fully saturated rings. The molecule has 0 spiro atoms. The Morgan fingerprint density at radius 3 is 2.36 bits per heavy atom. The third-order valence-electron chi connectivity index (χ3n) is 6.51. The highest BCUT2D eigenvalue weighted by Gasteiger charge is 2.26. The molecule has 5 N–H and O–H groups in total. The Labute approximate surface area is 238 Å². The summed E-state index contributed by atoms with van der Waals surface area (Å²) in [6, 6.07) is 14.5. The molecule has 0 radical (unpaired) electrons. The first kappa shape index (κ1) is 32.2. The van der Waals surface area contributed by atoms with Crippen molar-refractivity contribution in [1.82, 2.24) is 16.0 Å². The Hall–Kier alpha value is -3.03. The van der Waals surface area contributed by atoms with Gasteiger partial charge in [-0.2, -0.15) is 0 Å². The number of carbonyl (C=O) groups is 2. The van der Waals surface area contributed by atoms with Crippen LogP contribution >= 0.6 is 11.6 Å². The smallest absolute Gasteiger partial charge is 0.243 e. The first-order chi connectivity index (χ1) is 18.7. The Bertz CT molecular complexity index is 1060. The summed E-state index contributed by atoms with van der Waals surface area (Å²) in [6.07, 6.45) is 3.11. The minimum atomic E-state index is -0.651. The van der Waals surface area contributed by atoms with Crippen molar-refractivity contribution in [3.05, 3.63) is 77.0 Å². The normalized spacial score (nSPS) is 13.3. The van der Waals surface area contributed by atoms with Gasteiger partial charge in [0.15, 0.2) is 0 Å². The molecule has 0 aromatic heterocycles. The number of carbonyl (C=O) groups excluding carboxylic acids is 2. The highest BCUT2D eigenvalue weighted by atomic mass is 35.5. The summed E-state index contributed by atoms with van der Waals surface area (Å²) in [5.41, 5.74) is 8.65. The van der Waals surface area contributed by atoms with Gasteiger partial charge in [0.2, 0.25) is 11.8 Å². The second kappa shape index (κ2) is 16.8. The van der Waals surface area contributed by atoms with Gasteiger partial charge in [0.05, 0.1) is 12.6 Å². The third kappa shape index (κ3) is 10.9. The van der Waals surface area contributed by atoms with E-state index in [1.165, 1.54) is 0 Å². The molecule has 2 aromatic carbocycles. The van der Waals surface area contributed by atoms with E-state index < -0.39 is 6.04 Å². The van der Waals surface area contributed by atoms with Crippen LogP contribution in [0.1, 0.15) is 51.7 Å². The van der Waals surface area contributed by atoms with E-state index in [0.717, 1.165) is 36.1 Å². The Morgan fingerprint density at radius 1 is 1.03 bits per heavy atom. The molecule has 0 saturated heterocycles. The van der Waals surface area contributed by atoms with Crippen molar-refractivity contribution in [2.75, 3.05) is 19.7 Å². The van der Waals surface area contributed by atoms with E-state index in [4.69, 9.17) is 22.1 Å². The van der Waals surface area contributed by atoms with E-state index in [9.17, 15) is 9.59 Å². The quantitative estimate of drug-likeness (QED) is 0.213. The standard InChI is InChI=1S/C31H45ClN4O3/c1-6-18-39-28-12-8-7-10-25(28)11-9-17-34-31(38)27(20-33)35-23(5)29(21(2)3)36-30(37)22(4)19-24-13-15-26(32)16-14-24/h7-8,10,12-16,21-22,27,29,35H,5-6,9,11,17-20,33H2,1-4H3,(H,34,38)(H,36,37)/t22-,27+,29-/m1/s1. The number of rotatable bonds is 17. The predicted octanol–water partition coefficient (Wildman–Crippen LogP) is 4.63. The van der Waals surface area contributed by atoms with Crippen LogP contribution in [0.15, 0.2) is 60.8 Å². The molecule has 3 atom stereocenters. The Kier molecular flexibility index (Phi) is 13.9. The van der Waals surface area contributed by atoms with Crippen molar-refractivity contribution in [3.63, 3.8) is 0 Å². The van der Waals surface area contributed by atoms with Gasteiger partial charge in [0.1, 0.15) is 11.8 Å². The highest BCUT2D eigenvalue weighted by Crippen LogP contribution is 2.20. The van der Waals surface area contributed by atoms with Crippen molar-refractivity contribution >= 4 is 23.4 Å². The molecule has 0 heterocycles. The fraction of sp³-hybridized carbons (Fsp3) is 0.484. The maximum absolute atomic E-state index is 13.0. The summed E-state index contributed by atoms with van der Waals surface area (Å²) < 4.78 is 5.82. The van der Waals surface area contributed by atoms with Crippen LogP contribution in [0, 0.1) is 11.8 Å². The van der Waals surface area contributed by atoms with Crippen LogP contribution in [-0.4, -0.2) is 43.6 Å². The van der Waals surface area contributed by atoms with Crippen molar-refractivity contribution in [2.24, 2.45) is 17.6 Å². The Morgan fingerprint density at radius 2 is 1.72 bits per heavy atom. The van der Waals surface area contributed by atoms with Gasteiger partial charge in [-0.1, -0.05) is 76.2 Å². The fourth-order valence-electron chi connectivity index (χ4n) is 4.24. The van der Waals surface area contributed by atoms with Crippen LogP contribution in [0.2, 0.25) is 5.02 Å². The molecular weight excluding hydrogens is 512 g/mol. The van der Waals surface area contributed by atoms with Gasteiger partial charge in [-0.05, 0) is 60.9 Å². The summed E-state index contributed by atoms with van der Waals surface area (Å²) in [5.74, 6) is 0.440. The molecular formula is C31H45ClN4O3. The fourth-order valence-corrected chi connectivity index (χ4v) is 4.37. The molecule has 0 saturated carbocycles. The maximum atomic E-state index is 13.0. The molecule has 0 unspecified atom stereocenters.